The predicted octanol–water partition coefficient (Wildman–Crippen LogP) is 21.6. The number of rotatable bonds is 59. The van der Waals surface area contributed by atoms with Crippen LogP contribution in [0, 0.1) is 11.8 Å². The van der Waals surface area contributed by atoms with Gasteiger partial charge in [0.15, 0.2) is 6.10 Å². The van der Waals surface area contributed by atoms with Crippen LogP contribution in [0.25, 0.3) is 0 Å². The van der Waals surface area contributed by atoms with Crippen molar-refractivity contribution in [2.24, 2.45) is 11.8 Å². The van der Waals surface area contributed by atoms with E-state index in [1.807, 2.05) is 0 Å². The van der Waals surface area contributed by atoms with E-state index in [1.165, 1.54) is 257 Å². The van der Waals surface area contributed by atoms with E-state index < -0.39 is 6.10 Å². The van der Waals surface area contributed by atoms with Crippen LogP contribution < -0.4 is 0 Å². The zero-order valence-corrected chi connectivity index (χ0v) is 48.9. The van der Waals surface area contributed by atoms with Crippen molar-refractivity contribution in [3.63, 3.8) is 0 Å². The minimum atomic E-state index is -0.763. The summed E-state index contributed by atoms with van der Waals surface area (Å²) >= 11 is 0. The minimum Gasteiger partial charge on any atom is -0.462 e. The van der Waals surface area contributed by atoms with E-state index in [2.05, 4.69) is 34.6 Å². The van der Waals surface area contributed by atoms with E-state index in [0.29, 0.717) is 19.3 Å². The monoisotopic (exact) mass is 1000 g/mol. The van der Waals surface area contributed by atoms with Crippen molar-refractivity contribution in [1.82, 2.24) is 0 Å². The molecule has 0 radical (unpaired) electrons. The highest BCUT2D eigenvalue weighted by Gasteiger charge is 2.19. The van der Waals surface area contributed by atoms with Gasteiger partial charge in [-0.25, -0.2) is 0 Å². The van der Waals surface area contributed by atoms with Gasteiger partial charge in [0.1, 0.15) is 13.2 Å². The Kier molecular flexibility index (Phi) is 56.4. The molecule has 0 aliphatic carbocycles. The standard InChI is InChI=1S/C65H126O6/c1-6-8-9-10-11-12-35-40-45-50-55-63(66)69-58-62(71-65(68)57-52-47-42-37-32-28-24-20-15-13-17-21-25-29-33-38-43-48-53-60(3)4)59-70-64(67)56-51-46-41-36-31-27-23-19-16-14-18-22-26-30-34-39-44-49-54-61(5)7-2/h60-62H,6-59H2,1-5H3/t61?,62-/m0/s1. The Bertz CT molecular complexity index is 1090. The SMILES string of the molecule is CCCCCCCCCCCCC(=O)OC[C@@H](COC(=O)CCCCCCCCCCCCCCCCCCCCC(C)CC)OC(=O)CCCCCCCCCCCCCCCCCCCCC(C)C. The van der Waals surface area contributed by atoms with Crippen LogP contribution in [0.1, 0.15) is 369 Å². The molecule has 0 amide bonds. The van der Waals surface area contributed by atoms with Gasteiger partial charge in [0, 0.05) is 19.3 Å². The molecule has 0 aliphatic rings. The van der Waals surface area contributed by atoms with Crippen LogP contribution in [-0.2, 0) is 28.6 Å². The lowest BCUT2D eigenvalue weighted by atomic mass is 9.99. The maximum absolute atomic E-state index is 12.9. The first kappa shape index (κ1) is 69.4. The summed E-state index contributed by atoms with van der Waals surface area (Å²) in [5, 5.41) is 0. The molecule has 0 saturated carbocycles. The third-order valence-electron chi connectivity index (χ3n) is 15.3. The Labute approximate surface area is 444 Å². The van der Waals surface area contributed by atoms with E-state index in [-0.39, 0.29) is 31.1 Å². The first-order valence-electron chi connectivity index (χ1n) is 32.3. The molecular weight excluding hydrogens is 877 g/mol. The number of carbonyl (C=O) groups excluding carboxylic acids is 3. The second kappa shape index (κ2) is 57.7. The number of esters is 3. The maximum Gasteiger partial charge on any atom is 0.306 e. The molecule has 0 fully saturated rings. The molecule has 1 unspecified atom stereocenters. The van der Waals surface area contributed by atoms with Crippen LogP contribution >= 0.6 is 0 Å². The molecule has 0 bridgehead atoms. The summed E-state index contributed by atoms with van der Waals surface area (Å²) in [5.74, 6) is 0.935. The van der Waals surface area contributed by atoms with Crippen LogP contribution in [0.15, 0.2) is 0 Å². The molecule has 71 heavy (non-hydrogen) atoms. The summed E-state index contributed by atoms with van der Waals surface area (Å²) in [6.45, 7) is 11.5. The molecule has 0 heterocycles. The van der Waals surface area contributed by atoms with E-state index in [0.717, 1.165) is 69.6 Å². The van der Waals surface area contributed by atoms with Crippen molar-refractivity contribution in [1.29, 1.82) is 0 Å². The molecule has 422 valence electrons. The minimum absolute atomic E-state index is 0.0619. The molecule has 0 rings (SSSR count). The van der Waals surface area contributed by atoms with Crippen LogP contribution in [0.2, 0.25) is 0 Å². The lowest BCUT2D eigenvalue weighted by Gasteiger charge is -2.18. The summed E-state index contributed by atoms with van der Waals surface area (Å²) < 4.78 is 16.9. The van der Waals surface area contributed by atoms with Gasteiger partial charge in [0.25, 0.3) is 0 Å². The molecule has 2 atom stereocenters. The number of ether oxygens (including phenoxy) is 3. The summed E-state index contributed by atoms with van der Waals surface area (Å²) in [4.78, 5) is 38.2. The largest absolute Gasteiger partial charge is 0.462 e. The molecular formula is C65H126O6. The Hall–Kier alpha value is -1.59. The fourth-order valence-corrected chi connectivity index (χ4v) is 10.1. The van der Waals surface area contributed by atoms with Gasteiger partial charge in [-0.1, -0.05) is 330 Å². The Balaban J connectivity index is 4.17. The van der Waals surface area contributed by atoms with Crippen LogP contribution in [0.4, 0.5) is 0 Å². The fourth-order valence-electron chi connectivity index (χ4n) is 10.1. The molecule has 0 saturated heterocycles. The number of hydrogen-bond donors (Lipinski definition) is 0. The lowest BCUT2D eigenvalue weighted by molar-refractivity contribution is -0.167. The average Bonchev–Trinajstić information content (AvgIpc) is 3.36. The molecule has 6 heteroatoms. The summed E-state index contributed by atoms with van der Waals surface area (Å²) in [7, 11) is 0. The molecule has 0 aromatic rings. The van der Waals surface area contributed by atoms with E-state index >= 15 is 0 Å². The lowest BCUT2D eigenvalue weighted by Crippen LogP contribution is -2.30. The van der Waals surface area contributed by atoms with Crippen molar-refractivity contribution in [2.45, 2.75) is 375 Å². The second-order valence-electron chi connectivity index (χ2n) is 23.1. The molecule has 0 N–H and O–H groups in total. The highest BCUT2D eigenvalue weighted by Crippen LogP contribution is 2.19. The van der Waals surface area contributed by atoms with E-state index in [9.17, 15) is 14.4 Å². The number of hydrogen-bond acceptors (Lipinski definition) is 6. The van der Waals surface area contributed by atoms with Gasteiger partial charge in [-0.2, -0.15) is 0 Å². The Morgan fingerprint density at radius 3 is 0.803 bits per heavy atom. The van der Waals surface area contributed by atoms with Gasteiger partial charge in [0.2, 0.25) is 0 Å². The van der Waals surface area contributed by atoms with Gasteiger partial charge in [0.05, 0.1) is 0 Å². The Morgan fingerprint density at radius 1 is 0.296 bits per heavy atom. The summed E-state index contributed by atoms with van der Waals surface area (Å²) in [6.07, 6.45) is 63.9. The van der Waals surface area contributed by atoms with Gasteiger partial charge in [-0.05, 0) is 31.1 Å². The first-order chi connectivity index (χ1) is 34.8. The highest BCUT2D eigenvalue weighted by atomic mass is 16.6. The van der Waals surface area contributed by atoms with Crippen molar-refractivity contribution in [3.05, 3.63) is 0 Å². The van der Waals surface area contributed by atoms with Gasteiger partial charge in [-0.3, -0.25) is 14.4 Å². The smallest absolute Gasteiger partial charge is 0.306 e. The van der Waals surface area contributed by atoms with Crippen molar-refractivity contribution >= 4 is 17.9 Å². The van der Waals surface area contributed by atoms with Crippen LogP contribution in [-0.4, -0.2) is 37.2 Å². The van der Waals surface area contributed by atoms with E-state index in [4.69, 9.17) is 14.2 Å². The quantitative estimate of drug-likeness (QED) is 0.0343. The normalized spacial score (nSPS) is 12.4. The fraction of sp³-hybridized carbons (Fsp3) is 0.954. The third-order valence-corrected chi connectivity index (χ3v) is 15.3. The predicted molar refractivity (Wildman–Crippen MR) is 307 cm³/mol. The zero-order chi connectivity index (χ0) is 51.8. The Morgan fingerprint density at radius 2 is 0.535 bits per heavy atom. The van der Waals surface area contributed by atoms with Crippen LogP contribution in [0.3, 0.4) is 0 Å². The summed E-state index contributed by atoms with van der Waals surface area (Å²) in [6, 6.07) is 0. The van der Waals surface area contributed by atoms with Crippen molar-refractivity contribution < 1.29 is 28.6 Å². The molecule has 6 nitrogen and oxygen atoms in total. The third kappa shape index (κ3) is 57.5. The zero-order valence-electron chi connectivity index (χ0n) is 48.9. The molecule has 0 aromatic heterocycles. The van der Waals surface area contributed by atoms with Gasteiger partial charge < -0.3 is 14.2 Å². The highest BCUT2D eigenvalue weighted by molar-refractivity contribution is 5.71. The van der Waals surface area contributed by atoms with Crippen LogP contribution in [0.5, 0.6) is 0 Å². The number of unbranched alkanes of at least 4 members (excludes halogenated alkanes) is 43. The number of carbonyl (C=O) groups is 3. The van der Waals surface area contributed by atoms with Crippen molar-refractivity contribution in [3.8, 4) is 0 Å². The molecule has 0 aromatic carbocycles. The second-order valence-corrected chi connectivity index (χ2v) is 23.1. The van der Waals surface area contributed by atoms with Crippen molar-refractivity contribution in [2.75, 3.05) is 13.2 Å². The molecule has 0 aliphatic heterocycles. The molecule has 0 spiro atoms. The van der Waals surface area contributed by atoms with Gasteiger partial charge in [-0.15, -0.1) is 0 Å². The first-order valence-corrected chi connectivity index (χ1v) is 32.3. The maximum atomic E-state index is 12.9. The van der Waals surface area contributed by atoms with E-state index in [1.54, 1.807) is 0 Å². The van der Waals surface area contributed by atoms with Gasteiger partial charge >= 0.3 is 17.9 Å². The topological polar surface area (TPSA) is 78.9 Å². The summed E-state index contributed by atoms with van der Waals surface area (Å²) in [5.41, 5.74) is 0. The average molecular weight is 1000 g/mol.